The van der Waals surface area contributed by atoms with E-state index in [2.05, 4.69) is 41.3 Å². The molecule has 0 unspecified atom stereocenters. The number of hydrogen-bond donors (Lipinski definition) is 1. The Morgan fingerprint density at radius 2 is 2.12 bits per heavy atom. The maximum atomic E-state index is 5.53. The first-order chi connectivity index (χ1) is 11.6. The van der Waals surface area contributed by atoms with Crippen LogP contribution in [0.2, 0.25) is 0 Å². The van der Waals surface area contributed by atoms with Crippen LogP contribution < -0.4 is 15.0 Å². The summed E-state index contributed by atoms with van der Waals surface area (Å²) in [6.07, 6.45) is 4.37. The van der Waals surface area contributed by atoms with Gasteiger partial charge in [0.25, 0.3) is 0 Å². The van der Waals surface area contributed by atoms with Crippen molar-refractivity contribution in [1.82, 2.24) is 15.1 Å². The van der Waals surface area contributed by atoms with Crippen molar-refractivity contribution in [1.29, 1.82) is 0 Å². The van der Waals surface area contributed by atoms with Crippen LogP contribution in [-0.4, -0.2) is 36.0 Å². The first-order valence-electron chi connectivity index (χ1n) is 8.72. The highest BCUT2D eigenvalue weighted by molar-refractivity contribution is 5.58. The van der Waals surface area contributed by atoms with Crippen molar-refractivity contribution < 1.29 is 4.74 Å². The molecule has 2 atom stereocenters. The summed E-state index contributed by atoms with van der Waals surface area (Å²) in [5, 5.41) is 8.16. The van der Waals surface area contributed by atoms with Gasteiger partial charge in [-0.25, -0.2) is 0 Å². The third kappa shape index (κ3) is 3.41. The van der Waals surface area contributed by atoms with Gasteiger partial charge in [-0.15, -0.1) is 0 Å². The fraction of sp³-hybridized carbons (Fsp3) is 0.526. The van der Waals surface area contributed by atoms with E-state index in [1.165, 1.54) is 29.8 Å². The molecule has 3 rings (SSSR count). The number of ether oxygens (including phenoxy) is 1. The minimum Gasteiger partial charge on any atom is -0.495 e. The SMILES string of the molecule is COc1ccccc1N1CCC[C@H](N[C@H](C)c2cnn(C)c2C)C1. The standard InChI is InChI=1S/C19H28N4O/c1-14(17-12-20-22(3)15(17)2)21-16-8-7-11-23(13-16)18-9-5-6-10-19(18)24-4/h5-6,9-10,12,14,16,21H,7-8,11,13H2,1-4H3/t14-,16+/m1/s1. The van der Waals surface area contributed by atoms with Gasteiger partial charge in [0, 0.05) is 43.5 Å². The molecule has 1 aliphatic heterocycles. The molecule has 0 saturated carbocycles. The van der Waals surface area contributed by atoms with Crippen LogP contribution in [0.5, 0.6) is 5.75 Å². The molecule has 24 heavy (non-hydrogen) atoms. The first-order valence-corrected chi connectivity index (χ1v) is 8.72. The van der Waals surface area contributed by atoms with Gasteiger partial charge < -0.3 is 15.0 Å². The molecule has 0 aliphatic carbocycles. The van der Waals surface area contributed by atoms with Crippen molar-refractivity contribution in [2.45, 2.75) is 38.8 Å². The van der Waals surface area contributed by atoms with Gasteiger partial charge in [0.1, 0.15) is 5.75 Å². The van der Waals surface area contributed by atoms with Crippen molar-refractivity contribution in [2.24, 2.45) is 7.05 Å². The molecule has 0 spiro atoms. The Labute approximate surface area is 144 Å². The maximum Gasteiger partial charge on any atom is 0.142 e. The van der Waals surface area contributed by atoms with Crippen molar-refractivity contribution in [3.8, 4) is 5.75 Å². The molecule has 2 heterocycles. The Hall–Kier alpha value is -2.01. The number of hydrogen-bond acceptors (Lipinski definition) is 4. The summed E-state index contributed by atoms with van der Waals surface area (Å²) in [5.74, 6) is 0.953. The minimum atomic E-state index is 0.307. The lowest BCUT2D eigenvalue weighted by Crippen LogP contribution is -2.46. The Morgan fingerprint density at radius 1 is 1.33 bits per heavy atom. The van der Waals surface area contributed by atoms with E-state index in [0.29, 0.717) is 12.1 Å². The second-order valence-corrected chi connectivity index (χ2v) is 6.65. The van der Waals surface area contributed by atoms with Gasteiger partial charge in [0.15, 0.2) is 0 Å². The van der Waals surface area contributed by atoms with Gasteiger partial charge in [-0.05, 0) is 38.8 Å². The Bertz CT molecular complexity index is 682. The topological polar surface area (TPSA) is 42.3 Å². The number of aryl methyl sites for hydroxylation is 1. The van der Waals surface area contributed by atoms with Crippen molar-refractivity contribution >= 4 is 5.69 Å². The second kappa shape index (κ2) is 7.26. The summed E-state index contributed by atoms with van der Waals surface area (Å²) in [6, 6.07) is 9.06. The molecule has 0 bridgehead atoms. The summed E-state index contributed by atoms with van der Waals surface area (Å²) in [5.41, 5.74) is 3.70. The number of para-hydroxylation sites is 2. The number of nitrogens with zero attached hydrogens (tertiary/aromatic N) is 3. The fourth-order valence-electron chi connectivity index (χ4n) is 3.61. The van der Waals surface area contributed by atoms with E-state index in [1.54, 1.807) is 7.11 Å². The molecular formula is C19H28N4O. The number of rotatable bonds is 5. The predicted octanol–water partition coefficient (Wildman–Crippen LogP) is 3.06. The van der Waals surface area contributed by atoms with Crippen LogP contribution in [0.4, 0.5) is 5.69 Å². The van der Waals surface area contributed by atoms with Crippen LogP contribution in [0.3, 0.4) is 0 Å². The van der Waals surface area contributed by atoms with Crippen molar-refractivity contribution in [3.05, 3.63) is 41.7 Å². The average molecular weight is 328 g/mol. The van der Waals surface area contributed by atoms with Gasteiger partial charge in [-0.2, -0.15) is 5.10 Å². The zero-order chi connectivity index (χ0) is 17.1. The van der Waals surface area contributed by atoms with E-state index >= 15 is 0 Å². The molecule has 0 radical (unpaired) electrons. The zero-order valence-electron chi connectivity index (χ0n) is 15.1. The van der Waals surface area contributed by atoms with E-state index in [4.69, 9.17) is 4.74 Å². The molecule has 0 amide bonds. The van der Waals surface area contributed by atoms with Crippen LogP contribution in [0.1, 0.15) is 37.1 Å². The maximum absolute atomic E-state index is 5.53. The quantitative estimate of drug-likeness (QED) is 0.916. The van der Waals surface area contributed by atoms with Crippen LogP contribution in [-0.2, 0) is 7.05 Å². The summed E-state index contributed by atoms with van der Waals surface area (Å²) >= 11 is 0. The molecule has 5 heteroatoms. The van der Waals surface area contributed by atoms with Crippen LogP contribution in [0.25, 0.3) is 0 Å². The largest absolute Gasteiger partial charge is 0.495 e. The van der Waals surface area contributed by atoms with Gasteiger partial charge in [0.2, 0.25) is 0 Å². The lowest BCUT2D eigenvalue weighted by molar-refractivity contribution is 0.380. The number of anilines is 1. The molecule has 1 N–H and O–H groups in total. The fourth-order valence-corrected chi connectivity index (χ4v) is 3.61. The van der Waals surface area contributed by atoms with Gasteiger partial charge >= 0.3 is 0 Å². The van der Waals surface area contributed by atoms with E-state index in [1.807, 2.05) is 30.1 Å². The number of benzene rings is 1. The van der Waals surface area contributed by atoms with E-state index < -0.39 is 0 Å². The molecule has 1 aromatic heterocycles. The van der Waals surface area contributed by atoms with Crippen molar-refractivity contribution in [2.75, 3.05) is 25.1 Å². The number of aromatic nitrogens is 2. The Morgan fingerprint density at radius 3 is 2.83 bits per heavy atom. The number of nitrogens with one attached hydrogen (secondary N) is 1. The highest BCUT2D eigenvalue weighted by atomic mass is 16.5. The van der Waals surface area contributed by atoms with Gasteiger partial charge in [-0.1, -0.05) is 12.1 Å². The minimum absolute atomic E-state index is 0.307. The Balaban J connectivity index is 1.68. The van der Waals surface area contributed by atoms with Crippen LogP contribution in [0.15, 0.2) is 30.5 Å². The molecule has 2 aromatic rings. The van der Waals surface area contributed by atoms with Crippen molar-refractivity contribution in [3.63, 3.8) is 0 Å². The van der Waals surface area contributed by atoms with E-state index in [9.17, 15) is 0 Å². The molecule has 1 saturated heterocycles. The third-order valence-corrected chi connectivity index (χ3v) is 5.07. The Kier molecular flexibility index (Phi) is 5.09. The third-order valence-electron chi connectivity index (χ3n) is 5.07. The normalized spacial score (nSPS) is 19.3. The summed E-state index contributed by atoms with van der Waals surface area (Å²) in [4.78, 5) is 2.43. The van der Waals surface area contributed by atoms with E-state index in [0.717, 1.165) is 18.8 Å². The number of piperidine rings is 1. The predicted molar refractivity (Wildman–Crippen MR) is 97.7 cm³/mol. The average Bonchev–Trinajstić information content (AvgIpc) is 2.94. The smallest absolute Gasteiger partial charge is 0.142 e. The molecule has 1 aromatic carbocycles. The van der Waals surface area contributed by atoms with Gasteiger partial charge in [0.05, 0.1) is 19.0 Å². The summed E-state index contributed by atoms with van der Waals surface area (Å²) < 4.78 is 7.47. The monoisotopic (exact) mass is 328 g/mol. The second-order valence-electron chi connectivity index (χ2n) is 6.65. The molecule has 1 fully saturated rings. The highest BCUT2D eigenvalue weighted by Gasteiger charge is 2.24. The van der Waals surface area contributed by atoms with Crippen LogP contribution >= 0.6 is 0 Å². The summed E-state index contributed by atoms with van der Waals surface area (Å²) in [6.45, 7) is 6.44. The zero-order valence-corrected chi connectivity index (χ0v) is 15.1. The molecule has 130 valence electrons. The highest BCUT2D eigenvalue weighted by Crippen LogP contribution is 2.30. The molecule has 5 nitrogen and oxygen atoms in total. The van der Waals surface area contributed by atoms with Gasteiger partial charge in [-0.3, -0.25) is 4.68 Å². The first kappa shape index (κ1) is 16.8. The summed E-state index contributed by atoms with van der Waals surface area (Å²) in [7, 11) is 3.74. The van der Waals surface area contributed by atoms with E-state index in [-0.39, 0.29) is 0 Å². The number of methoxy groups -OCH3 is 1. The lowest BCUT2D eigenvalue weighted by atomic mass is 10.0. The molecule has 1 aliphatic rings. The molecular weight excluding hydrogens is 300 g/mol. The van der Waals surface area contributed by atoms with Crippen LogP contribution in [0, 0.1) is 6.92 Å². The lowest BCUT2D eigenvalue weighted by Gasteiger charge is -2.36.